The second-order valence-electron chi connectivity index (χ2n) is 3.68. The van der Waals surface area contributed by atoms with Crippen LogP contribution in [-0.4, -0.2) is 6.04 Å². The standard InChI is InChI=1S/C11H15N.ClH/c12-11-7-6-10(8-11)9-4-2-1-3-5-9;/h1-5,10-11H,6-8,12H2;1H/t10-,11+;/m0./s1. The molecule has 0 bridgehead atoms. The molecule has 1 aromatic rings. The molecule has 0 unspecified atom stereocenters. The Morgan fingerprint density at radius 3 is 2.31 bits per heavy atom. The number of benzene rings is 1. The van der Waals surface area contributed by atoms with Crippen LogP contribution in [0.1, 0.15) is 30.7 Å². The van der Waals surface area contributed by atoms with E-state index in [-0.39, 0.29) is 12.4 Å². The second kappa shape index (κ2) is 4.64. The molecule has 1 aromatic carbocycles. The zero-order chi connectivity index (χ0) is 8.39. The van der Waals surface area contributed by atoms with Crippen LogP contribution in [-0.2, 0) is 0 Å². The SMILES string of the molecule is Cl.N[C@@H]1CC[C@H](c2ccccc2)C1. The van der Waals surface area contributed by atoms with Crippen molar-refractivity contribution in [3.63, 3.8) is 0 Å². The molecule has 0 spiro atoms. The van der Waals surface area contributed by atoms with E-state index in [1.165, 1.54) is 24.8 Å². The minimum absolute atomic E-state index is 0. The van der Waals surface area contributed by atoms with Gasteiger partial charge in [-0.15, -0.1) is 12.4 Å². The predicted octanol–water partition coefficient (Wildman–Crippen LogP) is 2.70. The minimum Gasteiger partial charge on any atom is -0.328 e. The Kier molecular flexibility index (Phi) is 3.76. The Labute approximate surface area is 85.7 Å². The first-order valence-corrected chi connectivity index (χ1v) is 4.67. The van der Waals surface area contributed by atoms with Crippen LogP contribution in [0.15, 0.2) is 30.3 Å². The van der Waals surface area contributed by atoms with Crippen LogP contribution in [0.3, 0.4) is 0 Å². The molecule has 0 aliphatic heterocycles. The molecule has 1 saturated carbocycles. The molecule has 1 nitrogen and oxygen atoms in total. The Hall–Kier alpha value is -0.530. The van der Waals surface area contributed by atoms with E-state index >= 15 is 0 Å². The van der Waals surface area contributed by atoms with Crippen LogP contribution >= 0.6 is 12.4 Å². The number of halogens is 1. The van der Waals surface area contributed by atoms with Gasteiger partial charge >= 0.3 is 0 Å². The molecule has 2 heteroatoms. The third-order valence-corrected chi connectivity index (χ3v) is 2.74. The fraction of sp³-hybridized carbons (Fsp3) is 0.455. The molecular weight excluding hydrogens is 182 g/mol. The maximum Gasteiger partial charge on any atom is 0.00448 e. The first-order chi connectivity index (χ1) is 5.86. The summed E-state index contributed by atoms with van der Waals surface area (Å²) in [6.45, 7) is 0. The quantitative estimate of drug-likeness (QED) is 0.736. The van der Waals surface area contributed by atoms with E-state index in [9.17, 15) is 0 Å². The zero-order valence-electron chi connectivity index (χ0n) is 7.65. The summed E-state index contributed by atoms with van der Waals surface area (Å²) in [5.74, 6) is 0.723. The van der Waals surface area contributed by atoms with Crippen LogP contribution in [0.25, 0.3) is 0 Å². The van der Waals surface area contributed by atoms with Gasteiger partial charge in [0.2, 0.25) is 0 Å². The molecule has 13 heavy (non-hydrogen) atoms. The highest BCUT2D eigenvalue weighted by Crippen LogP contribution is 2.32. The largest absolute Gasteiger partial charge is 0.328 e. The van der Waals surface area contributed by atoms with Crippen LogP contribution in [0.4, 0.5) is 0 Å². The summed E-state index contributed by atoms with van der Waals surface area (Å²) in [6, 6.07) is 11.2. The third kappa shape index (κ3) is 2.45. The number of nitrogens with two attached hydrogens (primary N) is 1. The van der Waals surface area contributed by atoms with Crippen LogP contribution in [0, 0.1) is 0 Å². The van der Waals surface area contributed by atoms with Crippen LogP contribution in [0.5, 0.6) is 0 Å². The minimum atomic E-state index is 0. The highest BCUT2D eigenvalue weighted by atomic mass is 35.5. The van der Waals surface area contributed by atoms with Crippen molar-refractivity contribution in [3.8, 4) is 0 Å². The summed E-state index contributed by atoms with van der Waals surface area (Å²) in [5, 5.41) is 0. The summed E-state index contributed by atoms with van der Waals surface area (Å²) in [7, 11) is 0. The van der Waals surface area contributed by atoms with E-state index in [4.69, 9.17) is 5.73 Å². The summed E-state index contributed by atoms with van der Waals surface area (Å²) < 4.78 is 0. The van der Waals surface area contributed by atoms with Gasteiger partial charge in [-0.25, -0.2) is 0 Å². The average Bonchev–Trinajstić information content (AvgIpc) is 2.54. The molecule has 0 heterocycles. The molecular formula is C11H16ClN. The van der Waals surface area contributed by atoms with Gasteiger partial charge in [0, 0.05) is 6.04 Å². The molecule has 1 aliphatic carbocycles. The van der Waals surface area contributed by atoms with Crippen molar-refractivity contribution in [2.45, 2.75) is 31.2 Å². The lowest BCUT2D eigenvalue weighted by Crippen LogP contribution is -2.14. The Morgan fingerprint density at radius 2 is 1.77 bits per heavy atom. The van der Waals surface area contributed by atoms with Crippen LogP contribution in [0.2, 0.25) is 0 Å². The molecule has 2 atom stereocenters. The van der Waals surface area contributed by atoms with Crippen molar-refractivity contribution < 1.29 is 0 Å². The molecule has 2 N–H and O–H groups in total. The lowest BCUT2D eigenvalue weighted by molar-refractivity contribution is 0.675. The summed E-state index contributed by atoms with van der Waals surface area (Å²) in [6.07, 6.45) is 3.63. The third-order valence-electron chi connectivity index (χ3n) is 2.74. The molecule has 0 saturated heterocycles. The number of rotatable bonds is 1. The van der Waals surface area contributed by atoms with Crippen molar-refractivity contribution >= 4 is 12.4 Å². The van der Waals surface area contributed by atoms with Crippen LogP contribution < -0.4 is 5.73 Å². The molecule has 1 aliphatic rings. The fourth-order valence-electron chi connectivity index (χ4n) is 2.04. The normalized spacial score (nSPS) is 26.8. The van der Waals surface area contributed by atoms with Gasteiger partial charge in [0.1, 0.15) is 0 Å². The first kappa shape index (κ1) is 10.6. The van der Waals surface area contributed by atoms with Gasteiger partial charge in [-0.1, -0.05) is 30.3 Å². The van der Waals surface area contributed by atoms with E-state index in [1.54, 1.807) is 0 Å². The Balaban J connectivity index is 0.000000845. The van der Waals surface area contributed by atoms with Gasteiger partial charge < -0.3 is 5.73 Å². The number of hydrogen-bond acceptors (Lipinski definition) is 1. The lowest BCUT2D eigenvalue weighted by atomic mass is 9.98. The average molecular weight is 198 g/mol. The van der Waals surface area contributed by atoms with Crippen molar-refractivity contribution in [1.82, 2.24) is 0 Å². The highest BCUT2D eigenvalue weighted by Gasteiger charge is 2.22. The molecule has 0 radical (unpaired) electrons. The van der Waals surface area contributed by atoms with Gasteiger partial charge in [-0.05, 0) is 30.7 Å². The molecule has 72 valence electrons. The fourth-order valence-corrected chi connectivity index (χ4v) is 2.04. The summed E-state index contributed by atoms with van der Waals surface area (Å²) in [5.41, 5.74) is 7.33. The highest BCUT2D eigenvalue weighted by molar-refractivity contribution is 5.85. The maximum atomic E-state index is 5.86. The van der Waals surface area contributed by atoms with Gasteiger partial charge in [-0.3, -0.25) is 0 Å². The Morgan fingerprint density at radius 1 is 1.08 bits per heavy atom. The number of hydrogen-bond donors (Lipinski definition) is 1. The molecule has 0 amide bonds. The lowest BCUT2D eigenvalue weighted by Gasteiger charge is -2.08. The smallest absolute Gasteiger partial charge is 0.00448 e. The van der Waals surface area contributed by atoms with Crippen molar-refractivity contribution in [2.24, 2.45) is 5.73 Å². The molecule has 2 rings (SSSR count). The van der Waals surface area contributed by atoms with Crippen molar-refractivity contribution in [2.75, 3.05) is 0 Å². The van der Waals surface area contributed by atoms with E-state index in [1.807, 2.05) is 0 Å². The van der Waals surface area contributed by atoms with Gasteiger partial charge in [-0.2, -0.15) is 0 Å². The van der Waals surface area contributed by atoms with E-state index in [2.05, 4.69) is 30.3 Å². The van der Waals surface area contributed by atoms with Gasteiger partial charge in [0.15, 0.2) is 0 Å². The Bertz CT molecular complexity index is 248. The summed E-state index contributed by atoms with van der Waals surface area (Å²) in [4.78, 5) is 0. The van der Waals surface area contributed by atoms with E-state index < -0.39 is 0 Å². The predicted molar refractivity (Wildman–Crippen MR) is 58.3 cm³/mol. The van der Waals surface area contributed by atoms with Gasteiger partial charge in [0.05, 0.1) is 0 Å². The second-order valence-corrected chi connectivity index (χ2v) is 3.68. The topological polar surface area (TPSA) is 26.0 Å². The van der Waals surface area contributed by atoms with Gasteiger partial charge in [0.25, 0.3) is 0 Å². The first-order valence-electron chi connectivity index (χ1n) is 4.67. The van der Waals surface area contributed by atoms with E-state index in [0.717, 1.165) is 5.92 Å². The molecule has 1 fully saturated rings. The summed E-state index contributed by atoms with van der Waals surface area (Å²) >= 11 is 0. The van der Waals surface area contributed by atoms with Crippen molar-refractivity contribution in [1.29, 1.82) is 0 Å². The molecule has 0 aromatic heterocycles. The maximum absolute atomic E-state index is 5.86. The van der Waals surface area contributed by atoms with E-state index in [0.29, 0.717) is 6.04 Å². The van der Waals surface area contributed by atoms with Crippen molar-refractivity contribution in [3.05, 3.63) is 35.9 Å². The zero-order valence-corrected chi connectivity index (χ0v) is 8.46. The monoisotopic (exact) mass is 197 g/mol.